The van der Waals surface area contributed by atoms with E-state index >= 15 is 0 Å². The van der Waals surface area contributed by atoms with Crippen LogP contribution in [0.1, 0.15) is 58.4 Å². The van der Waals surface area contributed by atoms with Gasteiger partial charge >= 0.3 is 0 Å². The number of nitrogens with zero attached hydrogens (tertiary/aromatic N) is 1. The summed E-state index contributed by atoms with van der Waals surface area (Å²) in [7, 11) is 0. The van der Waals surface area contributed by atoms with E-state index in [1.54, 1.807) is 6.20 Å². The number of aryl methyl sites for hydroxylation is 1. The molecule has 0 spiro atoms. The molecular weight excluding hydrogens is 304 g/mol. The van der Waals surface area contributed by atoms with E-state index < -0.39 is 5.60 Å². The molecule has 24 heavy (non-hydrogen) atoms. The first-order valence-electron chi connectivity index (χ1n) is 9.05. The number of rotatable bonds is 7. The summed E-state index contributed by atoms with van der Waals surface area (Å²) in [6.45, 7) is 9.30. The lowest BCUT2D eigenvalue weighted by molar-refractivity contribution is -0.148. The van der Waals surface area contributed by atoms with Crippen molar-refractivity contribution >= 4 is 11.6 Å². The normalized spacial score (nSPS) is 23.8. The molecule has 1 saturated carbocycles. The molecule has 1 heterocycles. The van der Waals surface area contributed by atoms with E-state index in [4.69, 9.17) is 9.47 Å². The van der Waals surface area contributed by atoms with Gasteiger partial charge in [-0.25, -0.2) is 4.98 Å². The van der Waals surface area contributed by atoms with Crippen LogP contribution in [-0.4, -0.2) is 29.7 Å². The lowest BCUT2D eigenvalue weighted by Gasteiger charge is -2.38. The summed E-state index contributed by atoms with van der Waals surface area (Å²) in [6, 6.07) is 1.90. The Morgan fingerprint density at radius 1 is 1.46 bits per heavy atom. The van der Waals surface area contributed by atoms with Gasteiger partial charge in [0.25, 0.3) is 5.91 Å². The number of pyridine rings is 1. The highest BCUT2D eigenvalue weighted by atomic mass is 16.5. The molecule has 0 unspecified atom stereocenters. The number of hydrogen-bond acceptors (Lipinski definition) is 4. The number of anilines is 1. The van der Waals surface area contributed by atoms with Crippen molar-refractivity contribution < 1.29 is 14.3 Å². The molecule has 5 nitrogen and oxygen atoms in total. The Bertz CT molecular complexity index is 562. The van der Waals surface area contributed by atoms with Crippen LogP contribution >= 0.6 is 0 Å². The predicted molar refractivity (Wildman–Crippen MR) is 95.4 cm³/mol. The fourth-order valence-corrected chi connectivity index (χ4v) is 3.37. The highest BCUT2D eigenvalue weighted by Crippen LogP contribution is 2.36. The highest BCUT2D eigenvalue weighted by Gasteiger charge is 2.42. The molecule has 1 aliphatic rings. The molecule has 1 amide bonds. The molecule has 0 bridgehead atoms. The zero-order chi connectivity index (χ0) is 17.6. The van der Waals surface area contributed by atoms with Gasteiger partial charge in [0, 0.05) is 12.2 Å². The molecule has 1 fully saturated rings. The fourth-order valence-electron chi connectivity index (χ4n) is 3.37. The van der Waals surface area contributed by atoms with Gasteiger partial charge in [-0.1, -0.05) is 20.3 Å². The summed E-state index contributed by atoms with van der Waals surface area (Å²) >= 11 is 0. The minimum atomic E-state index is -0.708. The molecule has 5 heteroatoms. The molecular formula is C19H30N2O3. The molecule has 2 rings (SSSR count). The molecule has 0 aromatic carbocycles. The van der Waals surface area contributed by atoms with Crippen LogP contribution in [0.3, 0.4) is 0 Å². The number of carbonyl (C=O) groups excluding carboxylic acids is 1. The van der Waals surface area contributed by atoms with Crippen LogP contribution in [0.25, 0.3) is 0 Å². The first kappa shape index (κ1) is 18.7. The van der Waals surface area contributed by atoms with E-state index in [0.29, 0.717) is 30.7 Å². The van der Waals surface area contributed by atoms with Crippen molar-refractivity contribution in [3.05, 3.63) is 17.8 Å². The second-order valence-electron chi connectivity index (χ2n) is 6.78. The zero-order valence-corrected chi connectivity index (χ0v) is 15.4. The molecule has 0 radical (unpaired) electrons. The topological polar surface area (TPSA) is 60.5 Å². The van der Waals surface area contributed by atoms with Crippen molar-refractivity contribution in [2.45, 2.75) is 65.4 Å². The minimum absolute atomic E-state index is 0.0483. The number of amides is 1. The number of aromatic nitrogens is 1. The Morgan fingerprint density at radius 3 is 2.88 bits per heavy atom. The van der Waals surface area contributed by atoms with Crippen molar-refractivity contribution in [3.63, 3.8) is 0 Å². The molecule has 1 aromatic rings. The predicted octanol–water partition coefficient (Wildman–Crippen LogP) is 4.10. The maximum atomic E-state index is 13.0. The number of hydrogen-bond donors (Lipinski definition) is 1. The second kappa shape index (κ2) is 8.47. The number of nitrogens with one attached hydrogen (secondary N) is 1. The van der Waals surface area contributed by atoms with Gasteiger partial charge in [-0.15, -0.1) is 0 Å². The monoisotopic (exact) mass is 334 g/mol. The van der Waals surface area contributed by atoms with Gasteiger partial charge in [0.15, 0.2) is 0 Å². The molecule has 1 N–H and O–H groups in total. The first-order chi connectivity index (χ1) is 11.5. The van der Waals surface area contributed by atoms with Gasteiger partial charge in [0.05, 0.1) is 18.5 Å². The first-order valence-corrected chi connectivity index (χ1v) is 9.05. The lowest BCUT2D eigenvalue weighted by Crippen LogP contribution is -2.48. The van der Waals surface area contributed by atoms with Gasteiger partial charge in [-0.3, -0.25) is 4.79 Å². The summed E-state index contributed by atoms with van der Waals surface area (Å²) in [5.41, 5.74) is 0.897. The third-order valence-corrected chi connectivity index (χ3v) is 4.52. The van der Waals surface area contributed by atoms with Crippen LogP contribution in [0.5, 0.6) is 5.88 Å². The van der Waals surface area contributed by atoms with Crippen LogP contribution in [-0.2, 0) is 9.53 Å². The fraction of sp³-hybridized carbons (Fsp3) is 0.684. The van der Waals surface area contributed by atoms with E-state index in [2.05, 4.69) is 24.1 Å². The maximum absolute atomic E-state index is 13.0. The molecule has 1 aliphatic carbocycles. The van der Waals surface area contributed by atoms with Crippen molar-refractivity contribution in [1.82, 2.24) is 4.98 Å². The Hall–Kier alpha value is -1.62. The van der Waals surface area contributed by atoms with Crippen molar-refractivity contribution in [1.29, 1.82) is 0 Å². The van der Waals surface area contributed by atoms with Crippen molar-refractivity contribution in [2.24, 2.45) is 5.92 Å². The average molecular weight is 334 g/mol. The quantitative estimate of drug-likeness (QED) is 0.815. The summed E-state index contributed by atoms with van der Waals surface area (Å²) in [5, 5.41) is 3.01. The highest BCUT2D eigenvalue weighted by molar-refractivity contribution is 5.97. The minimum Gasteiger partial charge on any atom is -0.478 e. The zero-order valence-electron chi connectivity index (χ0n) is 15.4. The van der Waals surface area contributed by atoms with E-state index in [9.17, 15) is 4.79 Å². The Balaban J connectivity index is 2.13. The van der Waals surface area contributed by atoms with Gasteiger partial charge < -0.3 is 14.8 Å². The Labute approximate surface area is 145 Å². The smallest absolute Gasteiger partial charge is 0.256 e. The van der Waals surface area contributed by atoms with E-state index in [0.717, 1.165) is 37.7 Å². The summed E-state index contributed by atoms with van der Waals surface area (Å²) in [6.07, 6.45) is 6.31. The van der Waals surface area contributed by atoms with Crippen LogP contribution in [0.15, 0.2) is 12.3 Å². The van der Waals surface area contributed by atoms with E-state index in [1.807, 2.05) is 19.9 Å². The standard InChI is InChI=1S/C19H30N2O3/c1-5-10-24-19(9-7-8-14(3)12-19)18(22)21-16-11-15(4)17(20-13-16)23-6-2/h11,13-14H,5-10,12H2,1-4H3,(H,21,22)/t14-,19-/m1/s1. The lowest BCUT2D eigenvalue weighted by atomic mass is 9.78. The summed E-state index contributed by atoms with van der Waals surface area (Å²) < 4.78 is 11.5. The van der Waals surface area contributed by atoms with Crippen LogP contribution < -0.4 is 10.1 Å². The molecule has 2 atom stereocenters. The largest absolute Gasteiger partial charge is 0.478 e. The van der Waals surface area contributed by atoms with Gasteiger partial charge in [-0.05, 0) is 51.5 Å². The van der Waals surface area contributed by atoms with Crippen molar-refractivity contribution in [2.75, 3.05) is 18.5 Å². The number of ether oxygens (including phenoxy) is 2. The Morgan fingerprint density at radius 2 is 2.25 bits per heavy atom. The molecule has 134 valence electrons. The second-order valence-corrected chi connectivity index (χ2v) is 6.78. The summed E-state index contributed by atoms with van der Waals surface area (Å²) in [4.78, 5) is 17.3. The Kier molecular flexibility index (Phi) is 6.60. The molecule has 0 aliphatic heterocycles. The molecule has 0 saturated heterocycles. The van der Waals surface area contributed by atoms with Crippen LogP contribution in [0.4, 0.5) is 5.69 Å². The third-order valence-electron chi connectivity index (χ3n) is 4.52. The van der Waals surface area contributed by atoms with Crippen LogP contribution in [0.2, 0.25) is 0 Å². The molecule has 1 aromatic heterocycles. The number of carbonyl (C=O) groups is 1. The summed E-state index contributed by atoms with van der Waals surface area (Å²) in [5.74, 6) is 1.06. The maximum Gasteiger partial charge on any atom is 0.256 e. The van der Waals surface area contributed by atoms with Crippen LogP contribution in [0, 0.1) is 12.8 Å². The third kappa shape index (κ3) is 4.47. The van der Waals surface area contributed by atoms with E-state index in [-0.39, 0.29) is 5.91 Å². The SMILES string of the molecule is CCCO[C@]1(C(=O)Nc2cnc(OCC)c(C)c2)CCC[C@@H](C)C1. The van der Waals surface area contributed by atoms with Gasteiger partial charge in [0.1, 0.15) is 5.60 Å². The average Bonchev–Trinajstić information content (AvgIpc) is 2.55. The van der Waals surface area contributed by atoms with E-state index in [1.165, 1.54) is 0 Å². The van der Waals surface area contributed by atoms with Gasteiger partial charge in [0.2, 0.25) is 5.88 Å². The van der Waals surface area contributed by atoms with Gasteiger partial charge in [-0.2, -0.15) is 0 Å². The van der Waals surface area contributed by atoms with Crippen molar-refractivity contribution in [3.8, 4) is 5.88 Å².